The quantitative estimate of drug-likeness (QED) is 0.580. The van der Waals surface area contributed by atoms with E-state index in [9.17, 15) is 0 Å². The van der Waals surface area contributed by atoms with Gasteiger partial charge in [-0.3, -0.25) is 0 Å². The Balaban J connectivity index is 2.90. The fraction of sp³-hybridized carbons (Fsp3) is 0.333. The maximum atomic E-state index is 5.38. The zero-order valence-electron chi connectivity index (χ0n) is 8.30. The minimum atomic E-state index is 0.897. The first-order chi connectivity index (χ1) is 6.19. The van der Waals surface area contributed by atoms with E-state index in [4.69, 9.17) is 6.42 Å². The van der Waals surface area contributed by atoms with Gasteiger partial charge in [0.2, 0.25) is 0 Å². The molecule has 1 aliphatic rings. The van der Waals surface area contributed by atoms with Crippen molar-refractivity contribution in [3.05, 3.63) is 35.7 Å². The van der Waals surface area contributed by atoms with E-state index < -0.39 is 0 Å². The SMILES string of the molecule is C#CC1=CC(C)=CN(CCC)C1=C. The number of hydrogen-bond donors (Lipinski definition) is 0. The van der Waals surface area contributed by atoms with Gasteiger partial charge in [0, 0.05) is 24.0 Å². The molecule has 0 aromatic rings. The van der Waals surface area contributed by atoms with Crippen LogP contribution < -0.4 is 0 Å². The molecule has 0 spiro atoms. The van der Waals surface area contributed by atoms with Gasteiger partial charge < -0.3 is 4.90 Å². The summed E-state index contributed by atoms with van der Waals surface area (Å²) in [7, 11) is 0. The van der Waals surface area contributed by atoms with Crippen molar-refractivity contribution in [2.24, 2.45) is 0 Å². The highest BCUT2D eigenvalue weighted by Gasteiger charge is 2.11. The van der Waals surface area contributed by atoms with Crippen molar-refractivity contribution < 1.29 is 0 Å². The predicted molar refractivity (Wildman–Crippen MR) is 56.8 cm³/mol. The largest absolute Gasteiger partial charge is 0.347 e. The molecule has 1 aliphatic heterocycles. The summed E-state index contributed by atoms with van der Waals surface area (Å²) in [5.41, 5.74) is 3.03. The normalized spacial score (nSPS) is 16.4. The summed E-state index contributed by atoms with van der Waals surface area (Å²) in [6, 6.07) is 0. The molecule has 0 unspecified atom stereocenters. The zero-order chi connectivity index (χ0) is 9.84. The molecule has 0 N–H and O–H groups in total. The van der Waals surface area contributed by atoms with Gasteiger partial charge in [0.25, 0.3) is 0 Å². The fourth-order valence-corrected chi connectivity index (χ4v) is 1.39. The second-order valence-corrected chi connectivity index (χ2v) is 3.22. The van der Waals surface area contributed by atoms with Crippen LogP contribution in [0.4, 0.5) is 0 Å². The van der Waals surface area contributed by atoms with E-state index in [1.807, 2.05) is 13.0 Å². The molecule has 1 nitrogen and oxygen atoms in total. The van der Waals surface area contributed by atoms with Crippen molar-refractivity contribution in [2.45, 2.75) is 20.3 Å². The van der Waals surface area contributed by atoms with E-state index >= 15 is 0 Å². The molecule has 0 fully saturated rings. The lowest BCUT2D eigenvalue weighted by atomic mass is 10.1. The number of hydrogen-bond acceptors (Lipinski definition) is 1. The van der Waals surface area contributed by atoms with Gasteiger partial charge in [-0.05, 0) is 25.0 Å². The van der Waals surface area contributed by atoms with Crippen LogP contribution in [0.15, 0.2) is 35.7 Å². The van der Waals surface area contributed by atoms with Crippen molar-refractivity contribution in [1.82, 2.24) is 4.90 Å². The molecule has 68 valence electrons. The van der Waals surface area contributed by atoms with Crippen molar-refractivity contribution in [2.75, 3.05) is 6.54 Å². The average molecular weight is 173 g/mol. The molecular weight excluding hydrogens is 158 g/mol. The smallest absolute Gasteiger partial charge is 0.0492 e. The maximum Gasteiger partial charge on any atom is 0.0492 e. The summed E-state index contributed by atoms with van der Waals surface area (Å²) >= 11 is 0. The van der Waals surface area contributed by atoms with Crippen molar-refractivity contribution >= 4 is 0 Å². The van der Waals surface area contributed by atoms with E-state index in [0.29, 0.717) is 0 Å². The molecule has 0 radical (unpaired) electrons. The Bertz CT molecular complexity index is 313. The molecule has 1 heterocycles. The van der Waals surface area contributed by atoms with Gasteiger partial charge in [0.1, 0.15) is 0 Å². The second-order valence-electron chi connectivity index (χ2n) is 3.22. The van der Waals surface area contributed by atoms with Crippen LogP contribution in [0.2, 0.25) is 0 Å². The van der Waals surface area contributed by atoms with Crippen LogP contribution in [0.5, 0.6) is 0 Å². The van der Waals surface area contributed by atoms with Gasteiger partial charge in [-0.2, -0.15) is 0 Å². The summed E-state index contributed by atoms with van der Waals surface area (Å²) in [6.07, 6.45) is 10.6. The third-order valence-electron chi connectivity index (χ3n) is 2.01. The van der Waals surface area contributed by atoms with Crippen LogP contribution in [0.25, 0.3) is 0 Å². The lowest BCUT2D eigenvalue weighted by molar-refractivity contribution is 0.467. The van der Waals surface area contributed by atoms with Crippen LogP contribution in [-0.4, -0.2) is 11.4 Å². The lowest BCUT2D eigenvalue weighted by Crippen LogP contribution is -2.20. The van der Waals surface area contributed by atoms with Crippen molar-refractivity contribution in [3.8, 4) is 12.3 Å². The van der Waals surface area contributed by atoms with Gasteiger partial charge in [0.05, 0.1) is 0 Å². The highest BCUT2D eigenvalue weighted by atomic mass is 15.1. The summed E-state index contributed by atoms with van der Waals surface area (Å²) in [4.78, 5) is 2.12. The molecule has 0 amide bonds. The first-order valence-corrected chi connectivity index (χ1v) is 4.51. The third-order valence-corrected chi connectivity index (χ3v) is 2.01. The number of rotatable bonds is 2. The van der Waals surface area contributed by atoms with Crippen LogP contribution in [0.3, 0.4) is 0 Å². The molecule has 0 saturated heterocycles. The van der Waals surface area contributed by atoms with E-state index in [1.54, 1.807) is 0 Å². The Kier molecular flexibility index (Phi) is 2.97. The lowest BCUT2D eigenvalue weighted by Gasteiger charge is -2.26. The van der Waals surface area contributed by atoms with E-state index in [2.05, 4.69) is 30.5 Å². The van der Waals surface area contributed by atoms with Gasteiger partial charge in [-0.1, -0.05) is 19.4 Å². The summed E-state index contributed by atoms with van der Waals surface area (Å²) in [5, 5.41) is 0. The molecule has 1 rings (SSSR count). The highest BCUT2D eigenvalue weighted by molar-refractivity contribution is 5.49. The molecule has 0 atom stereocenters. The van der Waals surface area contributed by atoms with E-state index in [1.165, 1.54) is 5.57 Å². The van der Waals surface area contributed by atoms with Crippen LogP contribution >= 0.6 is 0 Å². The highest BCUT2D eigenvalue weighted by Crippen LogP contribution is 2.21. The molecule has 0 saturated carbocycles. The Morgan fingerprint density at radius 3 is 2.85 bits per heavy atom. The number of nitrogens with zero attached hydrogens (tertiary/aromatic N) is 1. The zero-order valence-corrected chi connectivity index (χ0v) is 8.30. The minimum Gasteiger partial charge on any atom is -0.347 e. The number of terminal acetylenes is 1. The minimum absolute atomic E-state index is 0.897. The monoisotopic (exact) mass is 173 g/mol. The van der Waals surface area contributed by atoms with E-state index in [0.717, 1.165) is 24.2 Å². The Hall–Kier alpha value is -1.42. The first kappa shape index (κ1) is 9.67. The van der Waals surface area contributed by atoms with Crippen LogP contribution in [-0.2, 0) is 0 Å². The summed E-state index contributed by atoms with van der Waals surface area (Å²) in [6.45, 7) is 9.14. The van der Waals surface area contributed by atoms with Crippen molar-refractivity contribution in [3.63, 3.8) is 0 Å². The number of allylic oxidation sites excluding steroid dienone is 3. The Morgan fingerprint density at radius 2 is 2.31 bits per heavy atom. The summed E-state index contributed by atoms with van der Waals surface area (Å²) < 4.78 is 0. The van der Waals surface area contributed by atoms with Gasteiger partial charge in [0.15, 0.2) is 0 Å². The molecule has 1 heteroatoms. The van der Waals surface area contributed by atoms with Crippen LogP contribution in [0.1, 0.15) is 20.3 Å². The van der Waals surface area contributed by atoms with Gasteiger partial charge in [-0.15, -0.1) is 6.42 Å². The first-order valence-electron chi connectivity index (χ1n) is 4.51. The Labute approximate surface area is 80.4 Å². The molecule has 0 bridgehead atoms. The summed E-state index contributed by atoms with van der Waals surface area (Å²) in [5.74, 6) is 2.65. The predicted octanol–water partition coefficient (Wildman–Crippen LogP) is 2.69. The third kappa shape index (κ3) is 2.03. The Morgan fingerprint density at radius 1 is 1.62 bits per heavy atom. The van der Waals surface area contributed by atoms with E-state index in [-0.39, 0.29) is 0 Å². The average Bonchev–Trinajstić information content (AvgIpc) is 2.11. The molecule has 13 heavy (non-hydrogen) atoms. The molecule has 0 aromatic carbocycles. The standard InChI is InChI=1S/C12H15N/c1-5-7-13-9-10(3)8-12(6-2)11(13)4/h2,8-9H,4-5,7H2,1,3H3. The molecule has 0 aliphatic carbocycles. The van der Waals surface area contributed by atoms with Crippen LogP contribution in [0, 0.1) is 12.3 Å². The molecule has 0 aromatic heterocycles. The molecular formula is C12H15N. The van der Waals surface area contributed by atoms with Crippen molar-refractivity contribution in [1.29, 1.82) is 0 Å². The van der Waals surface area contributed by atoms with Gasteiger partial charge >= 0.3 is 0 Å². The fourth-order valence-electron chi connectivity index (χ4n) is 1.39. The van der Waals surface area contributed by atoms with Gasteiger partial charge in [-0.25, -0.2) is 0 Å². The topological polar surface area (TPSA) is 3.24 Å². The maximum absolute atomic E-state index is 5.38. The second kappa shape index (κ2) is 4.00.